The molecule has 3 rings (SSSR count). The molecule has 2 aliphatic rings. The molecule has 1 aromatic carbocycles. The SMILES string of the molecule is CC(C)c1ccc(C(=O)N2CCC(N3CCOCC3)CC2)cc1F. The van der Waals surface area contributed by atoms with Gasteiger partial charge in [0.25, 0.3) is 5.91 Å². The van der Waals surface area contributed by atoms with Gasteiger partial charge in [0.15, 0.2) is 0 Å². The van der Waals surface area contributed by atoms with Gasteiger partial charge in [-0.15, -0.1) is 0 Å². The Bertz CT molecular complexity index is 577. The third-order valence-electron chi connectivity index (χ3n) is 5.18. The van der Waals surface area contributed by atoms with Crippen LogP contribution < -0.4 is 0 Å². The molecule has 24 heavy (non-hydrogen) atoms. The third kappa shape index (κ3) is 3.78. The van der Waals surface area contributed by atoms with Crippen LogP contribution in [0.1, 0.15) is 48.5 Å². The number of halogens is 1. The van der Waals surface area contributed by atoms with E-state index >= 15 is 0 Å². The molecule has 2 fully saturated rings. The lowest BCUT2D eigenvalue weighted by molar-refractivity contribution is 0.00158. The Hall–Kier alpha value is -1.46. The van der Waals surface area contributed by atoms with Crippen molar-refractivity contribution in [3.8, 4) is 0 Å². The number of hydrogen-bond acceptors (Lipinski definition) is 3. The topological polar surface area (TPSA) is 32.8 Å². The number of carbonyl (C=O) groups is 1. The third-order valence-corrected chi connectivity index (χ3v) is 5.18. The van der Waals surface area contributed by atoms with Crippen molar-refractivity contribution >= 4 is 5.91 Å². The van der Waals surface area contributed by atoms with Crippen LogP contribution in [0.25, 0.3) is 0 Å². The van der Waals surface area contributed by atoms with E-state index in [0.717, 1.165) is 52.2 Å². The van der Waals surface area contributed by atoms with Crippen molar-refractivity contribution in [3.63, 3.8) is 0 Å². The fourth-order valence-corrected chi connectivity index (χ4v) is 3.69. The van der Waals surface area contributed by atoms with Crippen LogP contribution in [0.3, 0.4) is 0 Å². The van der Waals surface area contributed by atoms with Crippen LogP contribution in [0.5, 0.6) is 0 Å². The van der Waals surface area contributed by atoms with Crippen LogP contribution in [0.15, 0.2) is 18.2 Å². The van der Waals surface area contributed by atoms with Crippen molar-refractivity contribution < 1.29 is 13.9 Å². The standard InChI is InChI=1S/C19H27FN2O2/c1-14(2)17-4-3-15(13-18(17)20)19(23)22-7-5-16(6-8-22)21-9-11-24-12-10-21/h3-4,13-14,16H,5-12H2,1-2H3. The van der Waals surface area contributed by atoms with E-state index in [1.807, 2.05) is 18.7 Å². The highest BCUT2D eigenvalue weighted by atomic mass is 19.1. The summed E-state index contributed by atoms with van der Waals surface area (Å²) in [4.78, 5) is 17.0. The number of carbonyl (C=O) groups excluding carboxylic acids is 1. The molecule has 2 heterocycles. The molecule has 0 unspecified atom stereocenters. The molecule has 0 bridgehead atoms. The molecule has 0 N–H and O–H groups in total. The van der Waals surface area contributed by atoms with Gasteiger partial charge in [-0.2, -0.15) is 0 Å². The van der Waals surface area contributed by atoms with Crippen LogP contribution in [-0.2, 0) is 4.74 Å². The van der Waals surface area contributed by atoms with Gasteiger partial charge < -0.3 is 9.64 Å². The van der Waals surface area contributed by atoms with E-state index in [0.29, 0.717) is 17.2 Å². The molecule has 0 atom stereocenters. The molecule has 132 valence electrons. The number of hydrogen-bond donors (Lipinski definition) is 0. The predicted octanol–water partition coefficient (Wildman–Crippen LogP) is 2.89. The zero-order valence-corrected chi connectivity index (χ0v) is 14.6. The molecule has 0 saturated carbocycles. The van der Waals surface area contributed by atoms with Crippen molar-refractivity contribution in [3.05, 3.63) is 35.1 Å². The van der Waals surface area contributed by atoms with Gasteiger partial charge in [-0.3, -0.25) is 9.69 Å². The van der Waals surface area contributed by atoms with Gasteiger partial charge in [-0.1, -0.05) is 19.9 Å². The highest BCUT2D eigenvalue weighted by molar-refractivity contribution is 5.94. The summed E-state index contributed by atoms with van der Waals surface area (Å²) in [5.41, 5.74) is 1.12. The smallest absolute Gasteiger partial charge is 0.253 e. The van der Waals surface area contributed by atoms with E-state index in [9.17, 15) is 9.18 Å². The van der Waals surface area contributed by atoms with E-state index in [2.05, 4.69) is 4.90 Å². The molecule has 0 aliphatic carbocycles. The highest BCUT2D eigenvalue weighted by Gasteiger charge is 2.28. The van der Waals surface area contributed by atoms with Crippen LogP contribution in [0.4, 0.5) is 4.39 Å². The Morgan fingerprint density at radius 2 is 1.83 bits per heavy atom. The van der Waals surface area contributed by atoms with E-state index in [4.69, 9.17) is 4.74 Å². The first-order valence-corrected chi connectivity index (χ1v) is 8.97. The molecule has 5 heteroatoms. The first-order chi connectivity index (χ1) is 11.6. The van der Waals surface area contributed by atoms with Crippen molar-refractivity contribution in [2.45, 2.75) is 38.6 Å². The maximum Gasteiger partial charge on any atom is 0.253 e. The van der Waals surface area contributed by atoms with Crippen LogP contribution in [0.2, 0.25) is 0 Å². The molecule has 2 aliphatic heterocycles. The minimum Gasteiger partial charge on any atom is -0.379 e. The lowest BCUT2D eigenvalue weighted by Crippen LogP contribution is -2.50. The van der Waals surface area contributed by atoms with E-state index < -0.39 is 0 Å². The summed E-state index contributed by atoms with van der Waals surface area (Å²) in [6.45, 7) is 8.98. The Labute approximate surface area is 143 Å². The largest absolute Gasteiger partial charge is 0.379 e. The van der Waals surface area contributed by atoms with Crippen LogP contribution in [0, 0.1) is 5.82 Å². The molecule has 1 amide bonds. The van der Waals surface area contributed by atoms with Crippen LogP contribution in [-0.4, -0.2) is 61.1 Å². The Balaban J connectivity index is 1.59. The van der Waals surface area contributed by atoms with Gasteiger partial charge in [0.2, 0.25) is 0 Å². The van der Waals surface area contributed by atoms with Gasteiger partial charge in [0.1, 0.15) is 5.82 Å². The average Bonchev–Trinajstić information content (AvgIpc) is 2.61. The fraction of sp³-hybridized carbons (Fsp3) is 0.632. The van der Waals surface area contributed by atoms with Crippen LogP contribution >= 0.6 is 0 Å². The number of rotatable bonds is 3. The Kier molecular flexibility index (Phi) is 5.51. The summed E-state index contributed by atoms with van der Waals surface area (Å²) in [6, 6.07) is 5.44. The lowest BCUT2D eigenvalue weighted by atomic mass is 9.99. The van der Waals surface area contributed by atoms with E-state index in [-0.39, 0.29) is 17.6 Å². The summed E-state index contributed by atoms with van der Waals surface area (Å²) in [5, 5.41) is 0. The number of benzene rings is 1. The molecule has 0 spiro atoms. The summed E-state index contributed by atoms with van der Waals surface area (Å²) < 4.78 is 19.5. The van der Waals surface area contributed by atoms with Crippen molar-refractivity contribution in [1.82, 2.24) is 9.80 Å². The first-order valence-electron chi connectivity index (χ1n) is 8.97. The molecule has 2 saturated heterocycles. The predicted molar refractivity (Wildman–Crippen MR) is 91.8 cm³/mol. The molecule has 0 aromatic heterocycles. The van der Waals surface area contributed by atoms with Crippen molar-refractivity contribution in [2.24, 2.45) is 0 Å². The lowest BCUT2D eigenvalue weighted by Gasteiger charge is -2.40. The number of nitrogens with zero attached hydrogens (tertiary/aromatic N) is 2. The van der Waals surface area contributed by atoms with Gasteiger partial charge in [0, 0.05) is 37.8 Å². The molecular formula is C19H27FN2O2. The zero-order valence-electron chi connectivity index (χ0n) is 14.6. The maximum absolute atomic E-state index is 14.1. The van der Waals surface area contributed by atoms with Crippen molar-refractivity contribution in [1.29, 1.82) is 0 Å². The summed E-state index contributed by atoms with van der Waals surface area (Å²) >= 11 is 0. The normalized spacial score (nSPS) is 20.6. The second-order valence-electron chi connectivity index (χ2n) is 7.06. The maximum atomic E-state index is 14.1. The summed E-state index contributed by atoms with van der Waals surface area (Å²) in [6.07, 6.45) is 1.97. The molecule has 4 nitrogen and oxygen atoms in total. The second-order valence-corrected chi connectivity index (χ2v) is 7.06. The van der Waals surface area contributed by atoms with Gasteiger partial charge >= 0.3 is 0 Å². The molecule has 1 aromatic rings. The molecule has 0 radical (unpaired) electrons. The van der Waals surface area contributed by atoms with E-state index in [1.54, 1.807) is 12.1 Å². The van der Waals surface area contributed by atoms with Crippen molar-refractivity contribution in [2.75, 3.05) is 39.4 Å². The summed E-state index contributed by atoms with van der Waals surface area (Å²) in [7, 11) is 0. The first kappa shape index (κ1) is 17.4. The van der Waals surface area contributed by atoms with Gasteiger partial charge in [-0.25, -0.2) is 4.39 Å². The molecular weight excluding hydrogens is 307 g/mol. The van der Waals surface area contributed by atoms with E-state index in [1.165, 1.54) is 6.07 Å². The Morgan fingerprint density at radius 3 is 2.42 bits per heavy atom. The number of morpholine rings is 1. The van der Waals surface area contributed by atoms with Gasteiger partial charge in [-0.05, 0) is 36.5 Å². The number of likely N-dealkylation sites (tertiary alicyclic amines) is 1. The highest BCUT2D eigenvalue weighted by Crippen LogP contribution is 2.22. The fourth-order valence-electron chi connectivity index (χ4n) is 3.69. The number of amides is 1. The zero-order chi connectivity index (χ0) is 17.1. The Morgan fingerprint density at radius 1 is 1.17 bits per heavy atom. The number of piperidine rings is 1. The summed E-state index contributed by atoms with van der Waals surface area (Å²) in [5.74, 6) is -0.206. The minimum absolute atomic E-state index is 0.0513. The minimum atomic E-state index is -0.279. The second kappa shape index (κ2) is 7.62. The van der Waals surface area contributed by atoms with Gasteiger partial charge in [0.05, 0.1) is 13.2 Å². The average molecular weight is 334 g/mol. The number of ether oxygens (including phenoxy) is 1. The quantitative estimate of drug-likeness (QED) is 0.852. The monoisotopic (exact) mass is 334 g/mol.